The number of carbonyl (C=O) groups excluding carboxylic acids is 2. The third kappa shape index (κ3) is 1.85. The summed E-state index contributed by atoms with van der Waals surface area (Å²) >= 11 is 5.55. The predicted molar refractivity (Wildman–Crippen MR) is 40.0 cm³/mol. The van der Waals surface area contributed by atoms with E-state index in [9.17, 15) is 9.59 Å². The lowest BCUT2D eigenvalue weighted by molar-refractivity contribution is 0.111. The minimum Gasteiger partial charge on any atom is -0.296 e. The van der Waals surface area contributed by atoms with Gasteiger partial charge in [-0.3, -0.25) is 9.59 Å². The number of hydrogen-bond acceptors (Lipinski definition) is 3. The van der Waals surface area contributed by atoms with Gasteiger partial charge in [-0.15, -0.1) is 0 Å². The van der Waals surface area contributed by atoms with Gasteiger partial charge in [-0.2, -0.15) is 0 Å². The first-order chi connectivity index (χ1) is 5.26. The SMILES string of the molecule is O=Cc1cc(Cl)cc(C=O)n1. The molecular weight excluding hydrogens is 166 g/mol. The van der Waals surface area contributed by atoms with E-state index >= 15 is 0 Å². The second kappa shape index (κ2) is 3.25. The molecule has 0 radical (unpaired) electrons. The maximum Gasteiger partial charge on any atom is 0.168 e. The predicted octanol–water partition coefficient (Wildman–Crippen LogP) is 1.36. The number of aromatic nitrogens is 1. The molecule has 0 amide bonds. The molecular formula is C7H4ClNO2. The molecule has 56 valence electrons. The van der Waals surface area contributed by atoms with Gasteiger partial charge in [0.05, 0.1) is 0 Å². The normalized spacial score (nSPS) is 9.18. The molecule has 1 rings (SSSR count). The van der Waals surface area contributed by atoms with E-state index in [4.69, 9.17) is 11.6 Å². The maximum absolute atomic E-state index is 10.2. The van der Waals surface area contributed by atoms with E-state index in [0.717, 1.165) is 0 Å². The van der Waals surface area contributed by atoms with Crippen molar-refractivity contribution in [1.82, 2.24) is 4.98 Å². The van der Waals surface area contributed by atoms with Gasteiger partial charge in [0.1, 0.15) is 11.4 Å². The molecule has 0 aliphatic heterocycles. The van der Waals surface area contributed by atoms with Crippen LogP contribution in [-0.4, -0.2) is 17.6 Å². The van der Waals surface area contributed by atoms with Crippen LogP contribution in [0.2, 0.25) is 5.02 Å². The van der Waals surface area contributed by atoms with Crippen LogP contribution in [0.1, 0.15) is 21.0 Å². The lowest BCUT2D eigenvalue weighted by Gasteiger charge is -1.93. The molecule has 0 atom stereocenters. The second-order valence-electron chi connectivity index (χ2n) is 1.87. The Morgan fingerprint density at radius 1 is 1.18 bits per heavy atom. The lowest BCUT2D eigenvalue weighted by Crippen LogP contribution is -1.92. The third-order valence-corrected chi connectivity index (χ3v) is 1.29. The number of aldehydes is 2. The summed E-state index contributed by atoms with van der Waals surface area (Å²) < 4.78 is 0. The van der Waals surface area contributed by atoms with Crippen molar-refractivity contribution in [3.63, 3.8) is 0 Å². The zero-order valence-electron chi connectivity index (χ0n) is 5.45. The molecule has 0 aliphatic carbocycles. The largest absolute Gasteiger partial charge is 0.296 e. The van der Waals surface area contributed by atoms with Crippen LogP contribution in [0.25, 0.3) is 0 Å². The van der Waals surface area contributed by atoms with Crippen molar-refractivity contribution in [1.29, 1.82) is 0 Å². The highest BCUT2D eigenvalue weighted by atomic mass is 35.5. The summed E-state index contributed by atoms with van der Waals surface area (Å²) in [5, 5.41) is 0.337. The van der Waals surface area contributed by atoms with Crippen LogP contribution < -0.4 is 0 Å². The number of halogens is 1. The minimum absolute atomic E-state index is 0.166. The van der Waals surface area contributed by atoms with E-state index in [1.54, 1.807) is 0 Å². The van der Waals surface area contributed by atoms with Gasteiger partial charge in [0.2, 0.25) is 0 Å². The number of hydrogen-bond donors (Lipinski definition) is 0. The average molecular weight is 170 g/mol. The van der Waals surface area contributed by atoms with Crippen LogP contribution in [0, 0.1) is 0 Å². The summed E-state index contributed by atoms with van der Waals surface area (Å²) in [6.07, 6.45) is 1.08. The van der Waals surface area contributed by atoms with Gasteiger partial charge in [0, 0.05) is 5.02 Å². The Hall–Kier alpha value is -1.22. The van der Waals surface area contributed by atoms with Gasteiger partial charge >= 0.3 is 0 Å². The van der Waals surface area contributed by atoms with Gasteiger partial charge in [0.15, 0.2) is 12.6 Å². The number of carbonyl (C=O) groups is 2. The molecule has 3 nitrogen and oxygen atoms in total. The van der Waals surface area contributed by atoms with Gasteiger partial charge in [-0.05, 0) is 12.1 Å². The molecule has 1 aromatic rings. The van der Waals surface area contributed by atoms with Gasteiger partial charge in [0.25, 0.3) is 0 Å². The molecule has 1 aromatic heterocycles. The molecule has 0 aliphatic rings. The molecule has 11 heavy (non-hydrogen) atoms. The number of nitrogens with zero attached hydrogens (tertiary/aromatic N) is 1. The summed E-state index contributed by atoms with van der Waals surface area (Å²) in [5.74, 6) is 0. The average Bonchev–Trinajstić information content (AvgIpc) is 2.03. The molecule has 0 saturated carbocycles. The van der Waals surface area contributed by atoms with E-state index in [1.165, 1.54) is 12.1 Å². The smallest absolute Gasteiger partial charge is 0.168 e. The Bertz CT molecular complexity index is 272. The van der Waals surface area contributed by atoms with Crippen LogP contribution >= 0.6 is 11.6 Å². The molecule has 0 unspecified atom stereocenters. The second-order valence-corrected chi connectivity index (χ2v) is 2.31. The zero-order chi connectivity index (χ0) is 8.27. The highest BCUT2D eigenvalue weighted by molar-refractivity contribution is 6.31. The van der Waals surface area contributed by atoms with E-state index in [-0.39, 0.29) is 11.4 Å². The van der Waals surface area contributed by atoms with E-state index in [2.05, 4.69) is 4.98 Å². The molecule has 4 heteroatoms. The number of rotatable bonds is 2. The Labute approximate surface area is 68.0 Å². The lowest BCUT2D eigenvalue weighted by atomic mass is 10.3. The molecule has 0 N–H and O–H groups in total. The number of pyridine rings is 1. The molecule has 0 fully saturated rings. The fraction of sp³-hybridized carbons (Fsp3) is 0. The first kappa shape index (κ1) is 7.88. The van der Waals surface area contributed by atoms with Crippen molar-refractivity contribution in [2.75, 3.05) is 0 Å². The van der Waals surface area contributed by atoms with Crippen molar-refractivity contribution < 1.29 is 9.59 Å². The van der Waals surface area contributed by atoms with E-state index < -0.39 is 0 Å². The maximum atomic E-state index is 10.2. The first-order valence-corrected chi connectivity index (χ1v) is 3.22. The fourth-order valence-corrected chi connectivity index (χ4v) is 0.882. The molecule has 0 aromatic carbocycles. The topological polar surface area (TPSA) is 47.0 Å². The van der Waals surface area contributed by atoms with Crippen LogP contribution in [0.4, 0.5) is 0 Å². The van der Waals surface area contributed by atoms with Crippen molar-refractivity contribution >= 4 is 24.2 Å². The van der Waals surface area contributed by atoms with Crippen molar-refractivity contribution in [2.45, 2.75) is 0 Å². The van der Waals surface area contributed by atoms with Crippen LogP contribution in [0.3, 0.4) is 0 Å². The van der Waals surface area contributed by atoms with Crippen LogP contribution in [0.15, 0.2) is 12.1 Å². The summed E-state index contributed by atoms with van der Waals surface area (Å²) in [6.45, 7) is 0. The van der Waals surface area contributed by atoms with E-state index in [0.29, 0.717) is 17.6 Å². The zero-order valence-corrected chi connectivity index (χ0v) is 6.21. The molecule has 0 bridgehead atoms. The Kier molecular flexibility index (Phi) is 2.33. The Morgan fingerprint density at radius 2 is 1.64 bits per heavy atom. The summed E-state index contributed by atoms with van der Waals surface area (Å²) in [6, 6.07) is 2.78. The van der Waals surface area contributed by atoms with Crippen LogP contribution in [0.5, 0.6) is 0 Å². The van der Waals surface area contributed by atoms with Crippen molar-refractivity contribution in [2.24, 2.45) is 0 Å². The Balaban J connectivity index is 3.21. The van der Waals surface area contributed by atoms with Gasteiger partial charge < -0.3 is 0 Å². The highest BCUT2D eigenvalue weighted by Gasteiger charge is 1.98. The highest BCUT2D eigenvalue weighted by Crippen LogP contribution is 2.09. The third-order valence-electron chi connectivity index (χ3n) is 1.07. The molecule has 1 heterocycles. The monoisotopic (exact) mass is 169 g/mol. The quantitative estimate of drug-likeness (QED) is 0.628. The van der Waals surface area contributed by atoms with Crippen molar-refractivity contribution in [3.05, 3.63) is 28.5 Å². The molecule has 0 saturated heterocycles. The van der Waals surface area contributed by atoms with Gasteiger partial charge in [-0.25, -0.2) is 4.98 Å². The van der Waals surface area contributed by atoms with Crippen molar-refractivity contribution in [3.8, 4) is 0 Å². The van der Waals surface area contributed by atoms with Crippen LogP contribution in [-0.2, 0) is 0 Å². The minimum atomic E-state index is 0.166. The molecule has 0 spiro atoms. The standard InChI is InChI=1S/C7H4ClNO2/c8-5-1-6(3-10)9-7(2-5)4-11/h1-4H. The first-order valence-electron chi connectivity index (χ1n) is 2.84. The van der Waals surface area contributed by atoms with Gasteiger partial charge in [-0.1, -0.05) is 11.6 Å². The summed E-state index contributed by atoms with van der Waals surface area (Å²) in [7, 11) is 0. The fourth-order valence-electron chi connectivity index (χ4n) is 0.659. The summed E-state index contributed by atoms with van der Waals surface area (Å²) in [4.78, 5) is 24.0. The van der Waals surface area contributed by atoms with E-state index in [1.807, 2.05) is 0 Å². The summed E-state index contributed by atoms with van der Waals surface area (Å²) in [5.41, 5.74) is 0.333. The Morgan fingerprint density at radius 3 is 2.00 bits per heavy atom.